The predicted molar refractivity (Wildman–Crippen MR) is 248 cm³/mol. The van der Waals surface area contributed by atoms with Crippen molar-refractivity contribution in [2.75, 3.05) is 0 Å². The molecule has 7 aromatic rings. The van der Waals surface area contributed by atoms with Gasteiger partial charge in [0, 0.05) is 43.6 Å². The topological polar surface area (TPSA) is 57.6 Å². The molecule has 4 N–H and O–H groups in total. The maximum Gasteiger partial charge on any atom is 0.0471 e. The molecule has 2 aromatic heterocycles. The van der Waals surface area contributed by atoms with Crippen LogP contribution in [0.5, 0.6) is 0 Å². The Morgan fingerprint density at radius 3 is 1.70 bits per heavy atom. The molecule has 0 spiro atoms. The quantitative estimate of drug-likeness (QED) is 0.146. The average molecular weight is 734 g/mol. The molecule has 0 radical (unpaired) electrons. The molecule has 1 aliphatic carbocycles. The zero-order valence-electron chi connectivity index (χ0n) is 34.1. The lowest BCUT2D eigenvalue weighted by atomic mass is 9.84. The van der Waals surface area contributed by atoms with Gasteiger partial charge < -0.3 is 15.7 Å². The number of allylic oxidation sites excluding steroid dienone is 11. The molecule has 0 bridgehead atoms. The van der Waals surface area contributed by atoms with Gasteiger partial charge in [-0.1, -0.05) is 97.2 Å². The third-order valence-corrected chi connectivity index (χ3v) is 11.1. The van der Waals surface area contributed by atoms with E-state index in [1.165, 1.54) is 117 Å². The number of hydrogen-bond acceptors (Lipinski definition) is 1. The van der Waals surface area contributed by atoms with Gasteiger partial charge in [-0.15, -0.1) is 0 Å². The lowest BCUT2D eigenvalue weighted by Crippen LogP contribution is -2.04. The first-order chi connectivity index (χ1) is 27.1. The van der Waals surface area contributed by atoms with Gasteiger partial charge in [0.05, 0.1) is 0 Å². The summed E-state index contributed by atoms with van der Waals surface area (Å²) in [5.41, 5.74) is 25.4. The number of hydrogen-bond donors (Lipinski definition) is 3. The van der Waals surface area contributed by atoms with Crippen molar-refractivity contribution in [2.24, 2.45) is 5.73 Å². The van der Waals surface area contributed by atoms with Gasteiger partial charge in [-0.2, -0.15) is 0 Å². The number of nitrogens with one attached hydrogen (secondary N) is 2. The summed E-state index contributed by atoms with van der Waals surface area (Å²) in [6.07, 6.45) is 17.5. The Balaban J connectivity index is 0.000000355. The second-order valence-electron chi connectivity index (χ2n) is 14.6. The van der Waals surface area contributed by atoms with Crippen LogP contribution in [0.2, 0.25) is 0 Å². The molecule has 3 heteroatoms. The molecule has 0 aliphatic heterocycles. The summed E-state index contributed by atoms with van der Waals surface area (Å²) in [7, 11) is 0. The standard InChI is InChI=1S/C41H34N2.C6H11N.C6H10/c1-5-9-30(24(3)6-2)26-14-16-38-34(18-26)36-20-28-12-13-29-21-37-35-19-27(31-11-8-7-10-25(31)4)15-17-39(35)43-41(37)23-33(29)32(28)22-40(36)42-38;1-3-6(2)4-5-7;1-4-6(3)5-2/h5-11,14-23,42-43H,1,12-13H2,2-4H3;3-5H,7H2,1-2H3;4-5H,1H2,2-3H3/b24-6-,30-9+;5-4-,6-3-;6-5-. The number of fused-ring (bicyclic) bond motifs is 9. The molecule has 5 aromatic carbocycles. The maximum atomic E-state index is 5.08. The van der Waals surface area contributed by atoms with Crippen LogP contribution in [0.4, 0.5) is 0 Å². The Bertz CT molecular complexity index is 2750. The Morgan fingerprint density at radius 1 is 0.625 bits per heavy atom. The summed E-state index contributed by atoms with van der Waals surface area (Å²) in [5, 5.41) is 5.18. The van der Waals surface area contributed by atoms with Crippen LogP contribution in [0.3, 0.4) is 0 Å². The van der Waals surface area contributed by atoms with Crippen LogP contribution in [0.1, 0.15) is 63.8 Å². The molecule has 2 heterocycles. The van der Waals surface area contributed by atoms with Crippen LogP contribution in [0, 0.1) is 6.92 Å². The lowest BCUT2D eigenvalue weighted by molar-refractivity contribution is 0.946. The van der Waals surface area contributed by atoms with E-state index in [0.717, 1.165) is 12.8 Å². The third-order valence-electron chi connectivity index (χ3n) is 11.1. The van der Waals surface area contributed by atoms with Crippen molar-refractivity contribution < 1.29 is 0 Å². The Hall–Kier alpha value is -6.32. The minimum atomic E-state index is 1.05. The van der Waals surface area contributed by atoms with Crippen molar-refractivity contribution in [3.05, 3.63) is 186 Å². The normalized spacial score (nSPS) is 13.3. The van der Waals surface area contributed by atoms with E-state index in [9.17, 15) is 0 Å². The third kappa shape index (κ3) is 8.04. The van der Waals surface area contributed by atoms with E-state index in [-0.39, 0.29) is 0 Å². The van der Waals surface area contributed by atoms with E-state index in [1.54, 1.807) is 0 Å². The van der Waals surface area contributed by atoms with Crippen molar-refractivity contribution in [3.63, 3.8) is 0 Å². The van der Waals surface area contributed by atoms with Crippen LogP contribution < -0.4 is 5.73 Å². The van der Waals surface area contributed by atoms with Crippen molar-refractivity contribution >= 4 is 49.2 Å². The van der Waals surface area contributed by atoms with E-state index in [2.05, 4.69) is 141 Å². The Morgan fingerprint density at radius 2 is 1.20 bits per heavy atom. The summed E-state index contributed by atoms with van der Waals surface area (Å²) in [6.45, 7) is 22.0. The Labute approximate surface area is 333 Å². The molecule has 0 fully saturated rings. The number of benzene rings is 5. The molecule has 0 atom stereocenters. The number of rotatable bonds is 6. The maximum absolute atomic E-state index is 5.08. The van der Waals surface area contributed by atoms with E-state index >= 15 is 0 Å². The minimum absolute atomic E-state index is 1.05. The summed E-state index contributed by atoms with van der Waals surface area (Å²) < 4.78 is 0. The molecule has 56 heavy (non-hydrogen) atoms. The van der Waals surface area contributed by atoms with Gasteiger partial charge in [0.25, 0.3) is 0 Å². The van der Waals surface area contributed by atoms with Gasteiger partial charge in [-0.3, -0.25) is 0 Å². The number of aromatic amines is 2. The van der Waals surface area contributed by atoms with Gasteiger partial charge in [0.15, 0.2) is 0 Å². The van der Waals surface area contributed by atoms with Crippen LogP contribution in [-0.2, 0) is 12.8 Å². The largest absolute Gasteiger partial charge is 0.405 e. The molecule has 0 saturated heterocycles. The predicted octanol–water partition coefficient (Wildman–Crippen LogP) is 14.8. The van der Waals surface area contributed by atoms with Crippen molar-refractivity contribution in [1.29, 1.82) is 0 Å². The minimum Gasteiger partial charge on any atom is -0.405 e. The van der Waals surface area contributed by atoms with Crippen molar-refractivity contribution in [1.82, 2.24) is 9.97 Å². The van der Waals surface area contributed by atoms with Crippen LogP contribution in [0.25, 0.3) is 71.4 Å². The Kier molecular flexibility index (Phi) is 12.3. The number of H-pyrrole nitrogens is 2. The smallest absolute Gasteiger partial charge is 0.0471 e. The van der Waals surface area contributed by atoms with E-state index in [1.807, 2.05) is 58.1 Å². The van der Waals surface area contributed by atoms with Crippen LogP contribution >= 0.6 is 0 Å². The average Bonchev–Trinajstić information content (AvgIpc) is 3.77. The summed E-state index contributed by atoms with van der Waals surface area (Å²) in [4.78, 5) is 7.45. The number of aromatic nitrogens is 2. The van der Waals surface area contributed by atoms with Crippen molar-refractivity contribution in [3.8, 4) is 22.3 Å². The monoisotopic (exact) mass is 733 g/mol. The molecular weight excluding hydrogens is 679 g/mol. The fourth-order valence-electron chi connectivity index (χ4n) is 7.49. The van der Waals surface area contributed by atoms with Crippen LogP contribution in [0.15, 0.2) is 164 Å². The molecule has 3 nitrogen and oxygen atoms in total. The first kappa shape index (κ1) is 39.4. The van der Waals surface area contributed by atoms with Crippen molar-refractivity contribution in [2.45, 2.75) is 61.3 Å². The fraction of sp³-hybridized carbons (Fsp3) is 0.170. The summed E-state index contributed by atoms with van der Waals surface area (Å²) in [6, 6.07) is 31.9. The highest BCUT2D eigenvalue weighted by molar-refractivity contribution is 6.12. The second kappa shape index (κ2) is 17.4. The molecule has 282 valence electrons. The summed E-state index contributed by atoms with van der Waals surface area (Å²) in [5.74, 6) is 0. The molecule has 8 rings (SSSR count). The van der Waals surface area contributed by atoms with Gasteiger partial charge in [0.1, 0.15) is 0 Å². The molecule has 0 unspecified atom stereocenters. The number of nitrogens with two attached hydrogens (primary N) is 1. The van der Waals surface area contributed by atoms with E-state index < -0.39 is 0 Å². The van der Waals surface area contributed by atoms with Crippen LogP contribution in [-0.4, -0.2) is 9.97 Å². The zero-order chi connectivity index (χ0) is 39.9. The van der Waals surface area contributed by atoms with E-state index in [4.69, 9.17) is 5.73 Å². The first-order valence-electron chi connectivity index (χ1n) is 19.6. The van der Waals surface area contributed by atoms with Gasteiger partial charge in [-0.05, 0) is 178 Å². The molecule has 1 aliphatic rings. The zero-order valence-corrected chi connectivity index (χ0v) is 34.1. The molecule has 0 saturated carbocycles. The molecular formula is C53H55N3. The van der Waals surface area contributed by atoms with Gasteiger partial charge >= 0.3 is 0 Å². The summed E-state index contributed by atoms with van der Waals surface area (Å²) >= 11 is 0. The van der Waals surface area contributed by atoms with Gasteiger partial charge in [0.2, 0.25) is 0 Å². The molecule has 0 amide bonds. The van der Waals surface area contributed by atoms with E-state index in [0.29, 0.717) is 0 Å². The van der Waals surface area contributed by atoms with Gasteiger partial charge in [-0.25, -0.2) is 0 Å². The second-order valence-corrected chi connectivity index (χ2v) is 14.6. The highest BCUT2D eigenvalue weighted by atomic mass is 14.7. The SMILES string of the molecule is C/C=C(C)\C=C/N.C=C/C(C)=C\C.C=C/C=C(\C(C)=C/C)c1ccc2[nH]c3cc4c(cc3c2c1)CCc1cc2c(cc1-4)[nH]c1ccc(-c3ccccc3C)cc12. The first-order valence-corrected chi connectivity index (χ1v) is 19.6. The highest BCUT2D eigenvalue weighted by Crippen LogP contribution is 2.42. The fourth-order valence-corrected chi connectivity index (χ4v) is 7.49. The number of aryl methyl sites for hydroxylation is 3. The highest BCUT2D eigenvalue weighted by Gasteiger charge is 2.21. The lowest BCUT2D eigenvalue weighted by Gasteiger charge is -2.20.